The van der Waals surface area contributed by atoms with E-state index >= 15 is 0 Å². The molecule has 5 nitrogen and oxygen atoms in total. The van der Waals surface area contributed by atoms with Gasteiger partial charge in [-0.3, -0.25) is 0 Å². The van der Waals surface area contributed by atoms with E-state index in [9.17, 15) is 4.79 Å². The second kappa shape index (κ2) is 6.56. The number of carbonyl (C=O) groups is 1. The first kappa shape index (κ1) is 14.6. The van der Waals surface area contributed by atoms with Gasteiger partial charge in [-0.2, -0.15) is 0 Å². The van der Waals surface area contributed by atoms with Crippen LogP contribution in [-0.4, -0.2) is 48.8 Å². The topological polar surface area (TPSA) is 58.8 Å². The molecule has 0 atom stereocenters. The molecule has 20 heavy (non-hydrogen) atoms. The largest absolute Gasteiger partial charge is 0.450 e. The molecule has 6 heteroatoms. The van der Waals surface area contributed by atoms with Crippen molar-refractivity contribution in [3.63, 3.8) is 0 Å². The monoisotopic (exact) mass is 293 g/mol. The first-order valence-electron chi connectivity index (χ1n) is 6.69. The van der Waals surface area contributed by atoms with Gasteiger partial charge in [0.15, 0.2) is 0 Å². The lowest BCUT2D eigenvalue weighted by atomic mass is 10.1. The van der Waals surface area contributed by atoms with Crippen LogP contribution in [0.3, 0.4) is 0 Å². The Labute approximate surface area is 124 Å². The van der Waals surface area contributed by atoms with E-state index in [1.807, 2.05) is 31.2 Å². The van der Waals surface area contributed by atoms with Crippen molar-refractivity contribution in [2.45, 2.75) is 6.92 Å². The Hall–Kier alpha value is -1.82. The fourth-order valence-electron chi connectivity index (χ4n) is 2.30. The Morgan fingerprint density at radius 1 is 1.30 bits per heavy atom. The molecule has 1 aromatic carbocycles. The number of hydrogen-bond acceptors (Lipinski definition) is 4. The zero-order valence-electron chi connectivity index (χ0n) is 11.5. The van der Waals surface area contributed by atoms with Gasteiger partial charge < -0.3 is 20.3 Å². The van der Waals surface area contributed by atoms with Crippen molar-refractivity contribution in [1.29, 1.82) is 0 Å². The number of hydrogen-bond donors (Lipinski definition) is 1. The SMILES string of the molecule is CCOC(=O)N1CCN(c2ccccc2C(N)=S)CC1. The van der Waals surface area contributed by atoms with Gasteiger partial charge in [-0.1, -0.05) is 24.4 Å². The second-order valence-corrected chi connectivity index (χ2v) is 4.99. The molecule has 1 aliphatic rings. The zero-order valence-corrected chi connectivity index (χ0v) is 12.4. The highest BCUT2D eigenvalue weighted by Gasteiger charge is 2.23. The zero-order chi connectivity index (χ0) is 14.5. The number of piperazine rings is 1. The first-order chi connectivity index (χ1) is 9.63. The van der Waals surface area contributed by atoms with Crippen LogP contribution in [0.1, 0.15) is 12.5 Å². The smallest absolute Gasteiger partial charge is 0.409 e. The molecule has 0 spiro atoms. The van der Waals surface area contributed by atoms with Gasteiger partial charge in [0.05, 0.1) is 6.61 Å². The molecule has 108 valence electrons. The third-order valence-electron chi connectivity index (χ3n) is 3.32. The summed E-state index contributed by atoms with van der Waals surface area (Å²) >= 11 is 5.08. The highest BCUT2D eigenvalue weighted by molar-refractivity contribution is 7.80. The molecule has 0 radical (unpaired) electrons. The Balaban J connectivity index is 2.04. The number of nitrogens with zero attached hydrogens (tertiary/aromatic N) is 2. The van der Waals surface area contributed by atoms with Gasteiger partial charge in [0.2, 0.25) is 0 Å². The summed E-state index contributed by atoms with van der Waals surface area (Å²) in [6.07, 6.45) is -0.241. The van der Waals surface area contributed by atoms with E-state index < -0.39 is 0 Å². The van der Waals surface area contributed by atoms with Crippen LogP contribution in [0.25, 0.3) is 0 Å². The maximum absolute atomic E-state index is 11.7. The summed E-state index contributed by atoms with van der Waals surface area (Å²) in [4.78, 5) is 16.0. The van der Waals surface area contributed by atoms with Crippen molar-refractivity contribution >= 4 is 29.0 Å². The number of rotatable bonds is 3. The predicted octanol–water partition coefficient (Wildman–Crippen LogP) is 1.60. The molecule has 1 fully saturated rings. The summed E-state index contributed by atoms with van der Waals surface area (Å²) in [5, 5.41) is 0. The minimum absolute atomic E-state index is 0.241. The molecule has 1 aliphatic heterocycles. The molecule has 2 rings (SSSR count). The van der Waals surface area contributed by atoms with Gasteiger partial charge in [-0.15, -0.1) is 0 Å². The molecule has 0 saturated carbocycles. The number of ether oxygens (including phenoxy) is 1. The predicted molar refractivity (Wildman–Crippen MR) is 83.1 cm³/mol. The van der Waals surface area contributed by atoms with E-state index in [0.29, 0.717) is 24.7 Å². The van der Waals surface area contributed by atoms with Crippen LogP contribution in [0.2, 0.25) is 0 Å². The van der Waals surface area contributed by atoms with Gasteiger partial charge in [0.1, 0.15) is 4.99 Å². The van der Waals surface area contributed by atoms with Crippen molar-refractivity contribution in [2.24, 2.45) is 5.73 Å². The lowest BCUT2D eigenvalue weighted by Crippen LogP contribution is -2.49. The summed E-state index contributed by atoms with van der Waals surface area (Å²) in [6.45, 7) is 5.00. The quantitative estimate of drug-likeness (QED) is 0.858. The molecule has 2 N–H and O–H groups in total. The third-order valence-corrected chi connectivity index (χ3v) is 3.54. The minimum atomic E-state index is -0.241. The maximum atomic E-state index is 11.7. The Bertz CT molecular complexity index is 499. The summed E-state index contributed by atoms with van der Waals surface area (Å²) in [7, 11) is 0. The number of carbonyl (C=O) groups excluding carboxylic acids is 1. The van der Waals surface area contributed by atoms with E-state index in [1.54, 1.807) is 4.90 Å². The maximum Gasteiger partial charge on any atom is 0.409 e. The molecule has 0 unspecified atom stereocenters. The van der Waals surface area contributed by atoms with Gasteiger partial charge in [0.25, 0.3) is 0 Å². The minimum Gasteiger partial charge on any atom is -0.450 e. The van der Waals surface area contributed by atoms with E-state index in [4.69, 9.17) is 22.7 Å². The van der Waals surface area contributed by atoms with Gasteiger partial charge in [0, 0.05) is 37.4 Å². The summed E-state index contributed by atoms with van der Waals surface area (Å²) in [6, 6.07) is 7.82. The fraction of sp³-hybridized carbons (Fsp3) is 0.429. The molecule has 0 bridgehead atoms. The number of para-hydroxylation sites is 1. The molecular weight excluding hydrogens is 274 g/mol. The highest BCUT2D eigenvalue weighted by atomic mass is 32.1. The van der Waals surface area contributed by atoms with Crippen LogP contribution in [0, 0.1) is 0 Å². The number of anilines is 1. The van der Waals surface area contributed by atoms with Crippen LogP contribution >= 0.6 is 12.2 Å². The highest BCUT2D eigenvalue weighted by Crippen LogP contribution is 2.21. The van der Waals surface area contributed by atoms with E-state index in [2.05, 4.69) is 4.90 Å². The normalized spacial score (nSPS) is 15.1. The molecule has 1 amide bonds. The first-order valence-corrected chi connectivity index (χ1v) is 7.09. The van der Waals surface area contributed by atoms with E-state index in [0.717, 1.165) is 24.3 Å². The Morgan fingerprint density at radius 2 is 1.95 bits per heavy atom. The third kappa shape index (κ3) is 3.19. The van der Waals surface area contributed by atoms with Crippen molar-refractivity contribution in [1.82, 2.24) is 4.90 Å². The lowest BCUT2D eigenvalue weighted by Gasteiger charge is -2.36. The standard InChI is InChI=1S/C14H19N3O2S/c1-2-19-14(18)17-9-7-16(8-10-17)12-6-4-3-5-11(12)13(15)20/h3-6H,2,7-10H2,1H3,(H2,15,20). The number of amides is 1. The van der Waals surface area contributed by atoms with Crippen LogP contribution < -0.4 is 10.6 Å². The molecule has 0 aromatic heterocycles. The van der Waals surface area contributed by atoms with Gasteiger partial charge in [-0.05, 0) is 19.1 Å². The summed E-state index contributed by atoms with van der Waals surface area (Å²) in [5.41, 5.74) is 7.67. The van der Waals surface area contributed by atoms with E-state index in [-0.39, 0.29) is 6.09 Å². The van der Waals surface area contributed by atoms with Crippen LogP contribution in [0.5, 0.6) is 0 Å². The second-order valence-electron chi connectivity index (χ2n) is 4.55. The lowest BCUT2D eigenvalue weighted by molar-refractivity contribution is 0.105. The van der Waals surface area contributed by atoms with Gasteiger partial charge in [-0.25, -0.2) is 4.79 Å². The molecule has 1 heterocycles. The number of benzene rings is 1. The van der Waals surface area contributed by atoms with Crippen molar-refractivity contribution in [3.8, 4) is 0 Å². The number of nitrogens with two attached hydrogens (primary N) is 1. The van der Waals surface area contributed by atoms with Crippen molar-refractivity contribution in [2.75, 3.05) is 37.7 Å². The summed E-state index contributed by atoms with van der Waals surface area (Å²) < 4.78 is 5.01. The fourth-order valence-corrected chi connectivity index (χ4v) is 2.48. The van der Waals surface area contributed by atoms with Crippen LogP contribution in [0.15, 0.2) is 24.3 Å². The Kier molecular flexibility index (Phi) is 4.79. The molecule has 1 aromatic rings. The molecule has 1 saturated heterocycles. The number of thiocarbonyl (C=S) groups is 1. The average Bonchev–Trinajstić information content (AvgIpc) is 2.47. The van der Waals surface area contributed by atoms with Crippen molar-refractivity contribution in [3.05, 3.63) is 29.8 Å². The van der Waals surface area contributed by atoms with Crippen LogP contribution in [-0.2, 0) is 4.74 Å². The van der Waals surface area contributed by atoms with E-state index in [1.165, 1.54) is 0 Å². The van der Waals surface area contributed by atoms with Crippen LogP contribution in [0.4, 0.5) is 10.5 Å². The summed E-state index contributed by atoms with van der Waals surface area (Å²) in [5.74, 6) is 0. The van der Waals surface area contributed by atoms with Crippen molar-refractivity contribution < 1.29 is 9.53 Å². The Morgan fingerprint density at radius 3 is 2.55 bits per heavy atom. The van der Waals surface area contributed by atoms with Gasteiger partial charge >= 0.3 is 6.09 Å². The molecular formula is C14H19N3O2S. The molecule has 0 aliphatic carbocycles. The average molecular weight is 293 g/mol.